The van der Waals surface area contributed by atoms with Crippen molar-refractivity contribution in [3.8, 4) is 0 Å². The first kappa shape index (κ1) is 31.3. The summed E-state index contributed by atoms with van der Waals surface area (Å²) in [5, 5.41) is 3.78. The summed E-state index contributed by atoms with van der Waals surface area (Å²) >= 11 is 0. The standard InChI is InChI=1S/C33H52N6O6/c40-29(35-14-18-45-19-15-35)20-23-3-10-37-22-24(23)21-30(41)39-13-6-27(34-25-7-16-44-17-8-25)31(39)33(43)36-11-4-26(5-12-36)38-9-1-2-28(38)32(37)42/h23-28,31,34H,1-22H2/t23-,24-,27+,28-,31-/m0/s1. The van der Waals surface area contributed by atoms with Crippen molar-refractivity contribution in [1.82, 2.24) is 29.8 Å². The molecule has 0 aliphatic carbocycles. The van der Waals surface area contributed by atoms with Gasteiger partial charge in [0.15, 0.2) is 0 Å². The van der Waals surface area contributed by atoms with Crippen LogP contribution in [0.25, 0.3) is 0 Å². The summed E-state index contributed by atoms with van der Waals surface area (Å²) in [6, 6.07) is -0.135. The number of nitrogens with zero attached hydrogens (tertiary/aromatic N) is 5. The minimum atomic E-state index is -0.517. The van der Waals surface area contributed by atoms with E-state index < -0.39 is 6.04 Å². The lowest BCUT2D eigenvalue weighted by Crippen LogP contribution is -2.59. The van der Waals surface area contributed by atoms with E-state index in [2.05, 4.69) is 10.2 Å². The summed E-state index contributed by atoms with van der Waals surface area (Å²) in [5.74, 6) is 0.271. The molecule has 12 heteroatoms. The number of piperidine rings is 2. The average molecular weight is 629 g/mol. The fourth-order valence-electron chi connectivity index (χ4n) is 9.31. The summed E-state index contributed by atoms with van der Waals surface area (Å²) < 4.78 is 11.0. The second-order valence-corrected chi connectivity index (χ2v) is 14.4. The number of carbonyl (C=O) groups is 4. The third-order valence-electron chi connectivity index (χ3n) is 11.9. The molecule has 4 bridgehead atoms. The molecule has 8 rings (SSSR count). The second kappa shape index (κ2) is 13.8. The molecule has 1 N–H and O–H groups in total. The van der Waals surface area contributed by atoms with E-state index in [-0.39, 0.29) is 60.0 Å². The topological polar surface area (TPSA) is 115 Å². The van der Waals surface area contributed by atoms with Crippen LogP contribution >= 0.6 is 0 Å². The van der Waals surface area contributed by atoms with Crippen molar-refractivity contribution in [2.45, 2.75) is 94.4 Å². The van der Waals surface area contributed by atoms with E-state index in [1.54, 1.807) is 0 Å². The first-order chi connectivity index (χ1) is 22.0. The van der Waals surface area contributed by atoms with Gasteiger partial charge in [0.25, 0.3) is 0 Å². The average Bonchev–Trinajstić information content (AvgIpc) is 3.73. The Morgan fingerprint density at radius 3 is 2.27 bits per heavy atom. The highest BCUT2D eigenvalue weighted by atomic mass is 16.5. The Kier molecular flexibility index (Phi) is 9.63. The molecule has 8 aliphatic heterocycles. The van der Waals surface area contributed by atoms with Crippen LogP contribution in [0.15, 0.2) is 0 Å². The number of morpholine rings is 1. The van der Waals surface area contributed by atoms with Crippen LogP contribution in [0.3, 0.4) is 0 Å². The predicted octanol–water partition coefficient (Wildman–Crippen LogP) is 0.297. The highest BCUT2D eigenvalue weighted by Crippen LogP contribution is 2.35. The molecule has 8 aliphatic rings. The molecule has 5 atom stereocenters. The van der Waals surface area contributed by atoms with Gasteiger partial charge in [-0.25, -0.2) is 0 Å². The van der Waals surface area contributed by atoms with Gasteiger partial charge in [0, 0.05) is 90.0 Å². The molecular formula is C33H52N6O6. The molecule has 0 spiro atoms. The van der Waals surface area contributed by atoms with Crippen molar-refractivity contribution < 1.29 is 28.7 Å². The normalized spacial score (nSPS) is 35.8. The molecule has 0 aromatic rings. The molecule has 0 aromatic carbocycles. The maximum atomic E-state index is 14.3. The third kappa shape index (κ3) is 6.62. The molecule has 0 aromatic heterocycles. The zero-order valence-corrected chi connectivity index (χ0v) is 26.8. The molecule has 8 heterocycles. The maximum absolute atomic E-state index is 14.3. The Hall–Kier alpha value is -2.28. The van der Waals surface area contributed by atoms with Crippen LogP contribution in [0.1, 0.15) is 64.2 Å². The third-order valence-corrected chi connectivity index (χ3v) is 11.9. The first-order valence-corrected chi connectivity index (χ1v) is 17.8. The molecule has 0 unspecified atom stereocenters. The predicted molar refractivity (Wildman–Crippen MR) is 165 cm³/mol. The monoisotopic (exact) mass is 628 g/mol. The summed E-state index contributed by atoms with van der Waals surface area (Å²) in [6.07, 6.45) is 7.56. The highest BCUT2D eigenvalue weighted by molar-refractivity contribution is 5.89. The van der Waals surface area contributed by atoms with Gasteiger partial charge in [-0.1, -0.05) is 0 Å². The fourth-order valence-corrected chi connectivity index (χ4v) is 9.31. The Bertz CT molecular complexity index is 1100. The Morgan fingerprint density at radius 2 is 1.49 bits per heavy atom. The SMILES string of the molecule is O=C(C[C@@H]1CCN2C[C@@H]1CC(=O)N1CC[C@@H](NC3CCOCC3)[C@H]1C(=O)N1CCC(CC1)N1CCC[C@H]1C2=O)N1CCOCC1. The van der Waals surface area contributed by atoms with Gasteiger partial charge in [-0.2, -0.15) is 0 Å². The van der Waals surface area contributed by atoms with E-state index in [1.165, 1.54) is 0 Å². The Morgan fingerprint density at radius 1 is 0.756 bits per heavy atom. The maximum Gasteiger partial charge on any atom is 0.246 e. The largest absolute Gasteiger partial charge is 0.381 e. The van der Waals surface area contributed by atoms with E-state index in [4.69, 9.17) is 9.47 Å². The lowest BCUT2D eigenvalue weighted by atomic mass is 9.80. The van der Waals surface area contributed by atoms with E-state index >= 15 is 0 Å². The minimum Gasteiger partial charge on any atom is -0.381 e. The number of carbonyl (C=O) groups excluding carboxylic acids is 4. The van der Waals surface area contributed by atoms with Crippen molar-refractivity contribution in [3.05, 3.63) is 0 Å². The summed E-state index contributed by atoms with van der Waals surface area (Å²) in [7, 11) is 0. The van der Waals surface area contributed by atoms with Crippen LogP contribution in [0.4, 0.5) is 0 Å². The van der Waals surface area contributed by atoms with Crippen molar-refractivity contribution in [3.63, 3.8) is 0 Å². The fraction of sp³-hybridized carbons (Fsp3) is 0.879. The van der Waals surface area contributed by atoms with Gasteiger partial charge in [0.05, 0.1) is 19.3 Å². The van der Waals surface area contributed by atoms with Crippen molar-refractivity contribution in [2.75, 3.05) is 78.8 Å². The van der Waals surface area contributed by atoms with Gasteiger partial charge in [0.2, 0.25) is 23.6 Å². The van der Waals surface area contributed by atoms with E-state index in [9.17, 15) is 19.2 Å². The van der Waals surface area contributed by atoms with Gasteiger partial charge < -0.3 is 34.4 Å². The molecule has 250 valence electrons. The van der Waals surface area contributed by atoms with Crippen LogP contribution in [-0.2, 0) is 28.7 Å². The molecule has 8 fully saturated rings. The number of rotatable bonds is 4. The lowest BCUT2D eigenvalue weighted by molar-refractivity contribution is -0.146. The van der Waals surface area contributed by atoms with Gasteiger partial charge >= 0.3 is 0 Å². The number of nitrogens with one attached hydrogen (secondary N) is 1. The van der Waals surface area contributed by atoms with Crippen LogP contribution in [0.5, 0.6) is 0 Å². The molecule has 45 heavy (non-hydrogen) atoms. The van der Waals surface area contributed by atoms with Gasteiger partial charge in [-0.05, 0) is 69.7 Å². The van der Waals surface area contributed by atoms with E-state index in [0.29, 0.717) is 71.5 Å². The number of fused-ring (bicyclic) bond motifs is 3. The van der Waals surface area contributed by atoms with Crippen molar-refractivity contribution >= 4 is 23.6 Å². The number of hydrogen-bond acceptors (Lipinski definition) is 8. The highest BCUT2D eigenvalue weighted by Gasteiger charge is 2.48. The smallest absolute Gasteiger partial charge is 0.246 e. The molecular weight excluding hydrogens is 576 g/mol. The van der Waals surface area contributed by atoms with Crippen LogP contribution in [-0.4, -0.2) is 157 Å². The Labute approximate surface area is 267 Å². The van der Waals surface area contributed by atoms with E-state index in [0.717, 1.165) is 71.1 Å². The van der Waals surface area contributed by atoms with Crippen LogP contribution < -0.4 is 5.32 Å². The molecule has 0 radical (unpaired) electrons. The van der Waals surface area contributed by atoms with Crippen molar-refractivity contribution in [2.24, 2.45) is 11.8 Å². The van der Waals surface area contributed by atoms with Gasteiger partial charge in [-0.3, -0.25) is 24.1 Å². The zero-order valence-electron chi connectivity index (χ0n) is 26.8. The number of ether oxygens (including phenoxy) is 2. The van der Waals surface area contributed by atoms with Crippen LogP contribution in [0.2, 0.25) is 0 Å². The quantitative estimate of drug-likeness (QED) is 0.473. The molecule has 0 saturated carbocycles. The summed E-state index contributed by atoms with van der Waals surface area (Å²) in [4.78, 5) is 66.3. The van der Waals surface area contributed by atoms with E-state index in [1.807, 2.05) is 19.6 Å². The Balaban J connectivity index is 1.15. The van der Waals surface area contributed by atoms with Crippen LogP contribution in [0, 0.1) is 11.8 Å². The molecule has 4 amide bonds. The summed E-state index contributed by atoms with van der Waals surface area (Å²) in [5.41, 5.74) is 0. The molecule has 12 nitrogen and oxygen atoms in total. The number of amides is 4. The van der Waals surface area contributed by atoms with Gasteiger partial charge in [0.1, 0.15) is 6.04 Å². The molecule has 8 saturated heterocycles. The minimum absolute atomic E-state index is 0.0139. The zero-order chi connectivity index (χ0) is 30.9. The number of hydrogen-bond donors (Lipinski definition) is 1. The second-order valence-electron chi connectivity index (χ2n) is 14.4. The summed E-state index contributed by atoms with van der Waals surface area (Å²) in [6.45, 7) is 7.72. The van der Waals surface area contributed by atoms with Gasteiger partial charge in [-0.15, -0.1) is 0 Å². The van der Waals surface area contributed by atoms with Crippen molar-refractivity contribution in [1.29, 1.82) is 0 Å². The first-order valence-electron chi connectivity index (χ1n) is 17.8. The lowest BCUT2D eigenvalue weighted by Gasteiger charge is -2.43.